The van der Waals surface area contributed by atoms with E-state index < -0.39 is 22.0 Å². The lowest BCUT2D eigenvalue weighted by molar-refractivity contribution is 0.0696. The fourth-order valence-electron chi connectivity index (χ4n) is 3.51. The fraction of sp³-hybridized carbons (Fsp3) is 0.240. The summed E-state index contributed by atoms with van der Waals surface area (Å²) in [6, 6.07) is 18.2. The SMILES string of the molecule is COc1ccc(CCNc2ccc(C(=O)O)cc2S(=O)(=O)N[C@@H](C)c2ccccc2)cc1OC. The normalized spacial score (nSPS) is 12.1. The first kappa shape index (κ1) is 25.1. The summed E-state index contributed by atoms with van der Waals surface area (Å²) in [5, 5.41) is 12.5. The van der Waals surface area contributed by atoms with Gasteiger partial charge in [-0.05, 0) is 54.8 Å². The van der Waals surface area contributed by atoms with Gasteiger partial charge in [0.15, 0.2) is 11.5 Å². The second kappa shape index (κ2) is 11.0. The van der Waals surface area contributed by atoms with Gasteiger partial charge in [-0.1, -0.05) is 36.4 Å². The lowest BCUT2D eigenvalue weighted by Crippen LogP contribution is -2.28. The third-order valence-corrected chi connectivity index (χ3v) is 6.91. The maximum atomic E-state index is 13.2. The highest BCUT2D eigenvalue weighted by Gasteiger charge is 2.23. The molecule has 0 radical (unpaired) electrons. The molecule has 0 amide bonds. The number of carboxylic acids is 1. The highest BCUT2D eigenvalue weighted by Crippen LogP contribution is 2.28. The van der Waals surface area contributed by atoms with Crippen molar-refractivity contribution in [1.29, 1.82) is 0 Å². The van der Waals surface area contributed by atoms with Gasteiger partial charge >= 0.3 is 5.97 Å². The van der Waals surface area contributed by atoms with Gasteiger partial charge in [0.1, 0.15) is 4.90 Å². The molecule has 0 aliphatic heterocycles. The van der Waals surface area contributed by atoms with Crippen LogP contribution in [0.15, 0.2) is 71.6 Å². The van der Waals surface area contributed by atoms with E-state index in [1.165, 1.54) is 18.2 Å². The van der Waals surface area contributed by atoms with Crippen molar-refractivity contribution >= 4 is 21.7 Å². The minimum absolute atomic E-state index is 0.113. The Morgan fingerprint density at radius 1 is 0.971 bits per heavy atom. The summed E-state index contributed by atoms with van der Waals surface area (Å²) < 4.78 is 39.7. The zero-order valence-corrected chi connectivity index (χ0v) is 20.1. The van der Waals surface area contributed by atoms with Crippen molar-refractivity contribution in [3.63, 3.8) is 0 Å². The molecule has 0 aromatic heterocycles. The third-order valence-electron chi connectivity index (χ3n) is 5.33. The average molecular weight is 485 g/mol. The van der Waals surface area contributed by atoms with Crippen molar-refractivity contribution in [1.82, 2.24) is 4.72 Å². The Morgan fingerprint density at radius 3 is 2.32 bits per heavy atom. The van der Waals surface area contributed by atoms with Gasteiger partial charge in [0, 0.05) is 12.6 Å². The van der Waals surface area contributed by atoms with Gasteiger partial charge in [-0.2, -0.15) is 0 Å². The molecule has 3 N–H and O–H groups in total. The average Bonchev–Trinajstić information content (AvgIpc) is 2.84. The van der Waals surface area contributed by atoms with Gasteiger partial charge in [0.2, 0.25) is 10.0 Å². The number of rotatable bonds is 11. The lowest BCUT2D eigenvalue weighted by atomic mass is 10.1. The molecular formula is C25H28N2O6S. The molecule has 0 saturated heterocycles. The summed E-state index contributed by atoms with van der Waals surface area (Å²) in [6.45, 7) is 2.15. The number of nitrogens with one attached hydrogen (secondary N) is 2. The highest BCUT2D eigenvalue weighted by molar-refractivity contribution is 7.89. The molecule has 3 aromatic rings. The Hall–Kier alpha value is -3.56. The first-order valence-corrected chi connectivity index (χ1v) is 12.1. The van der Waals surface area contributed by atoms with Crippen LogP contribution in [-0.4, -0.2) is 40.3 Å². The first-order chi connectivity index (χ1) is 16.2. The summed E-state index contributed by atoms with van der Waals surface area (Å²) in [4.78, 5) is 11.4. The molecule has 1 atom stereocenters. The Labute approximate surface area is 199 Å². The number of carbonyl (C=O) groups is 1. The summed E-state index contributed by atoms with van der Waals surface area (Å²) in [5.74, 6) is 0.0214. The molecule has 9 heteroatoms. The predicted molar refractivity (Wildman–Crippen MR) is 130 cm³/mol. The number of sulfonamides is 1. The second-order valence-electron chi connectivity index (χ2n) is 7.64. The van der Waals surface area contributed by atoms with Gasteiger partial charge in [-0.25, -0.2) is 17.9 Å². The van der Waals surface area contributed by atoms with Gasteiger partial charge in [0.25, 0.3) is 0 Å². The van der Waals surface area contributed by atoms with E-state index in [9.17, 15) is 18.3 Å². The number of carboxylic acid groups (broad SMARTS) is 1. The minimum atomic E-state index is -4.02. The molecule has 0 unspecified atom stereocenters. The summed E-state index contributed by atoms with van der Waals surface area (Å²) in [5.41, 5.74) is 1.97. The Balaban J connectivity index is 1.82. The molecule has 3 aromatic carbocycles. The standard InChI is InChI=1S/C25H28N2O6S/c1-17(19-7-5-4-6-8-19)27-34(30,31)24-16-20(25(28)29)10-11-21(24)26-14-13-18-9-12-22(32-2)23(15-18)33-3/h4-12,15-17,26-27H,13-14H2,1-3H3,(H,28,29)/t17-/m0/s1. The summed E-state index contributed by atoms with van der Waals surface area (Å²) in [6.07, 6.45) is 0.578. The van der Waals surface area contributed by atoms with E-state index >= 15 is 0 Å². The number of hydrogen-bond acceptors (Lipinski definition) is 6. The molecule has 0 bridgehead atoms. The van der Waals surface area contributed by atoms with Crippen molar-refractivity contribution in [3.05, 3.63) is 83.4 Å². The minimum Gasteiger partial charge on any atom is -0.493 e. The molecule has 0 fully saturated rings. The van der Waals surface area contributed by atoms with E-state index in [1.54, 1.807) is 27.2 Å². The molecule has 3 rings (SSSR count). The highest BCUT2D eigenvalue weighted by atomic mass is 32.2. The Kier molecular flexibility index (Phi) is 8.14. The molecule has 0 aliphatic carbocycles. The number of ether oxygens (including phenoxy) is 2. The van der Waals surface area contributed by atoms with Crippen LogP contribution in [0.4, 0.5) is 5.69 Å². The van der Waals surface area contributed by atoms with Crippen molar-refractivity contribution in [2.75, 3.05) is 26.1 Å². The van der Waals surface area contributed by atoms with E-state index in [1.807, 2.05) is 42.5 Å². The van der Waals surface area contributed by atoms with Gasteiger partial charge in [0.05, 0.1) is 25.5 Å². The maximum Gasteiger partial charge on any atom is 0.335 e. The second-order valence-corrected chi connectivity index (χ2v) is 9.32. The summed E-state index contributed by atoms with van der Waals surface area (Å²) >= 11 is 0. The van der Waals surface area contributed by atoms with E-state index in [-0.39, 0.29) is 10.5 Å². The monoisotopic (exact) mass is 484 g/mol. The smallest absolute Gasteiger partial charge is 0.335 e. The van der Waals surface area contributed by atoms with Crippen molar-refractivity contribution in [3.8, 4) is 11.5 Å². The molecule has 0 heterocycles. The molecule has 0 aliphatic rings. The number of methoxy groups -OCH3 is 2. The molecule has 180 valence electrons. The number of benzene rings is 3. The van der Waals surface area contributed by atoms with Crippen LogP contribution >= 0.6 is 0 Å². The number of hydrogen-bond donors (Lipinski definition) is 3. The fourth-order valence-corrected chi connectivity index (χ4v) is 4.95. The number of anilines is 1. The Morgan fingerprint density at radius 2 is 1.68 bits per heavy atom. The van der Waals surface area contributed by atoms with Crippen molar-refractivity contribution < 1.29 is 27.8 Å². The molecule has 34 heavy (non-hydrogen) atoms. The summed E-state index contributed by atoms with van der Waals surface area (Å²) in [7, 11) is -0.897. The van der Waals surface area contributed by atoms with Crippen LogP contribution in [0.2, 0.25) is 0 Å². The van der Waals surface area contributed by atoms with Gasteiger partial charge in [-0.3, -0.25) is 0 Å². The largest absolute Gasteiger partial charge is 0.493 e. The quantitative estimate of drug-likeness (QED) is 0.375. The maximum absolute atomic E-state index is 13.2. The Bertz CT molecular complexity index is 1250. The molecule has 0 saturated carbocycles. The van der Waals surface area contributed by atoms with Crippen LogP contribution in [0.3, 0.4) is 0 Å². The van der Waals surface area contributed by atoms with Crippen LogP contribution in [-0.2, 0) is 16.4 Å². The van der Waals surface area contributed by atoms with Crippen LogP contribution in [0.1, 0.15) is 34.5 Å². The van der Waals surface area contributed by atoms with Gasteiger partial charge < -0.3 is 19.9 Å². The lowest BCUT2D eigenvalue weighted by Gasteiger charge is -2.18. The molecule has 8 nitrogen and oxygen atoms in total. The van der Waals surface area contributed by atoms with Gasteiger partial charge in [-0.15, -0.1) is 0 Å². The number of aromatic carboxylic acids is 1. The van der Waals surface area contributed by atoms with E-state index in [0.717, 1.165) is 11.1 Å². The van der Waals surface area contributed by atoms with Crippen LogP contribution in [0.25, 0.3) is 0 Å². The van der Waals surface area contributed by atoms with Crippen molar-refractivity contribution in [2.24, 2.45) is 0 Å². The topological polar surface area (TPSA) is 114 Å². The zero-order valence-electron chi connectivity index (χ0n) is 19.2. The van der Waals surface area contributed by atoms with Crippen molar-refractivity contribution in [2.45, 2.75) is 24.3 Å². The molecule has 0 spiro atoms. The van der Waals surface area contributed by atoms with Crippen LogP contribution < -0.4 is 19.5 Å². The van der Waals surface area contributed by atoms with E-state index in [0.29, 0.717) is 30.2 Å². The van der Waals surface area contributed by atoms with Crippen LogP contribution in [0, 0.1) is 0 Å². The zero-order chi connectivity index (χ0) is 24.7. The predicted octanol–water partition coefficient (Wildman–Crippen LogP) is 4.10. The van der Waals surface area contributed by atoms with E-state index in [4.69, 9.17) is 9.47 Å². The van der Waals surface area contributed by atoms with E-state index in [2.05, 4.69) is 10.0 Å². The third kappa shape index (κ3) is 6.06. The first-order valence-electron chi connectivity index (χ1n) is 10.6. The van der Waals surface area contributed by atoms with Crippen LogP contribution in [0.5, 0.6) is 11.5 Å². The molecular weight excluding hydrogens is 456 g/mol.